The number of carbonyl (C=O) groups excluding carboxylic acids is 2. The summed E-state index contributed by atoms with van der Waals surface area (Å²) in [5, 5.41) is 2.63. The molecule has 0 aliphatic carbocycles. The number of nitrogens with zero attached hydrogens (tertiary/aromatic N) is 1. The molecule has 1 heterocycles. The molecule has 8 heteroatoms. The van der Waals surface area contributed by atoms with Crippen molar-refractivity contribution in [2.75, 3.05) is 6.61 Å². The summed E-state index contributed by atoms with van der Waals surface area (Å²) in [5.41, 5.74) is -1.87. The second-order valence-corrected chi connectivity index (χ2v) is 6.44. The zero-order chi connectivity index (χ0) is 20.1. The molecule has 0 unspecified atom stereocenters. The molecule has 146 valence electrons. The maximum atomic E-state index is 15.1. The maximum absolute atomic E-state index is 15.1. The number of rotatable bonds is 6. The molecule has 0 aromatic heterocycles. The Hall–Kier alpha value is -3.13. The Morgan fingerprint density at radius 2 is 1.57 bits per heavy atom. The standard InChI is InChI=1S/C20H18FNO6/c1-20(21)16(28-18(24)14-10-6-3-7-11-14)15(27-19(20)22-25)12-26-17(23)13-8-4-2-5-9-13/h2-11,15-16,19H,12H2,1H3/t15-,16-,19-,20-/m1/s1. The summed E-state index contributed by atoms with van der Waals surface area (Å²) in [4.78, 5) is 35.4. The molecule has 2 aromatic rings. The minimum Gasteiger partial charge on any atom is -0.459 e. The summed E-state index contributed by atoms with van der Waals surface area (Å²) in [6.07, 6.45) is -4.36. The predicted molar refractivity (Wildman–Crippen MR) is 96.3 cm³/mol. The molecule has 1 aliphatic heterocycles. The second kappa shape index (κ2) is 8.26. The molecule has 28 heavy (non-hydrogen) atoms. The van der Waals surface area contributed by atoms with Crippen LogP contribution in [0.5, 0.6) is 0 Å². The largest absolute Gasteiger partial charge is 0.459 e. The van der Waals surface area contributed by atoms with E-state index in [0.717, 1.165) is 6.92 Å². The zero-order valence-electron chi connectivity index (χ0n) is 15.0. The highest BCUT2D eigenvalue weighted by Gasteiger charge is 2.58. The van der Waals surface area contributed by atoms with Gasteiger partial charge in [-0.3, -0.25) is 0 Å². The number of hydrogen-bond donors (Lipinski definition) is 0. The van der Waals surface area contributed by atoms with Crippen molar-refractivity contribution in [1.82, 2.24) is 0 Å². The summed E-state index contributed by atoms with van der Waals surface area (Å²) in [6.45, 7) is 0.646. The zero-order valence-corrected chi connectivity index (χ0v) is 15.0. The number of nitroso groups, excluding NO2 is 1. The number of halogens is 1. The van der Waals surface area contributed by atoms with Gasteiger partial charge in [-0.2, -0.15) is 0 Å². The van der Waals surface area contributed by atoms with Crippen molar-refractivity contribution in [3.8, 4) is 0 Å². The Morgan fingerprint density at radius 1 is 1.04 bits per heavy atom. The van der Waals surface area contributed by atoms with Gasteiger partial charge in [0.1, 0.15) is 12.7 Å². The average molecular weight is 387 g/mol. The molecule has 7 nitrogen and oxygen atoms in total. The van der Waals surface area contributed by atoms with E-state index in [9.17, 15) is 14.5 Å². The van der Waals surface area contributed by atoms with Crippen molar-refractivity contribution in [2.45, 2.75) is 31.0 Å². The molecule has 1 saturated heterocycles. The number of esters is 2. The highest BCUT2D eigenvalue weighted by molar-refractivity contribution is 5.90. The summed E-state index contributed by atoms with van der Waals surface area (Å²) in [5.74, 6) is -1.44. The van der Waals surface area contributed by atoms with Crippen LogP contribution in [-0.2, 0) is 14.2 Å². The number of ether oxygens (including phenoxy) is 3. The lowest BCUT2D eigenvalue weighted by Gasteiger charge is -2.25. The van der Waals surface area contributed by atoms with E-state index in [1.807, 2.05) is 0 Å². The minimum absolute atomic E-state index is 0.209. The highest BCUT2D eigenvalue weighted by Crippen LogP contribution is 2.38. The maximum Gasteiger partial charge on any atom is 0.338 e. The van der Waals surface area contributed by atoms with Crippen molar-refractivity contribution >= 4 is 11.9 Å². The Balaban J connectivity index is 1.73. The molecular weight excluding hydrogens is 369 g/mol. The van der Waals surface area contributed by atoms with Gasteiger partial charge in [0.25, 0.3) is 0 Å². The van der Waals surface area contributed by atoms with Crippen LogP contribution in [0, 0.1) is 4.91 Å². The predicted octanol–water partition coefficient (Wildman–Crippen LogP) is 3.29. The van der Waals surface area contributed by atoms with Gasteiger partial charge in [0.2, 0.25) is 6.23 Å². The fourth-order valence-electron chi connectivity index (χ4n) is 2.89. The van der Waals surface area contributed by atoms with Crippen LogP contribution in [0.2, 0.25) is 0 Å². The van der Waals surface area contributed by atoms with Gasteiger partial charge in [-0.15, -0.1) is 4.91 Å². The molecule has 0 radical (unpaired) electrons. The minimum atomic E-state index is -2.38. The van der Waals surface area contributed by atoms with Gasteiger partial charge in [0, 0.05) is 0 Å². The topological polar surface area (TPSA) is 91.3 Å². The highest BCUT2D eigenvalue weighted by atomic mass is 19.1. The summed E-state index contributed by atoms with van der Waals surface area (Å²) in [7, 11) is 0. The third kappa shape index (κ3) is 4.07. The Morgan fingerprint density at radius 3 is 2.11 bits per heavy atom. The Labute approximate surface area is 160 Å². The Kier molecular flexibility index (Phi) is 5.79. The van der Waals surface area contributed by atoms with E-state index >= 15 is 4.39 Å². The number of alkyl halides is 1. The quantitative estimate of drug-likeness (QED) is 0.558. The van der Waals surface area contributed by atoms with E-state index in [0.29, 0.717) is 5.56 Å². The second-order valence-electron chi connectivity index (χ2n) is 6.44. The molecular formula is C20H18FNO6. The molecule has 4 atom stereocenters. The SMILES string of the molecule is C[C@]1(F)[C@H](N=O)O[C@H](COC(=O)c2ccccc2)[C@H]1OC(=O)c1ccccc1. The molecule has 3 rings (SSSR count). The molecule has 0 saturated carbocycles. The lowest BCUT2D eigenvalue weighted by Crippen LogP contribution is -2.45. The van der Waals surface area contributed by atoms with Crippen LogP contribution in [0.4, 0.5) is 4.39 Å². The summed E-state index contributed by atoms with van der Waals surface area (Å²) < 4.78 is 30.7. The molecule has 0 spiro atoms. The van der Waals surface area contributed by atoms with Gasteiger partial charge in [-0.1, -0.05) is 36.4 Å². The van der Waals surface area contributed by atoms with Gasteiger partial charge in [0.05, 0.1) is 11.1 Å². The third-order valence-corrected chi connectivity index (χ3v) is 4.41. The van der Waals surface area contributed by atoms with Gasteiger partial charge in [-0.05, 0) is 36.4 Å². The van der Waals surface area contributed by atoms with Gasteiger partial charge in [0.15, 0.2) is 11.8 Å². The first-order valence-corrected chi connectivity index (χ1v) is 8.58. The van der Waals surface area contributed by atoms with Gasteiger partial charge in [-0.25, -0.2) is 14.0 Å². The van der Waals surface area contributed by atoms with Crippen molar-refractivity contribution in [3.63, 3.8) is 0 Å². The van der Waals surface area contributed by atoms with Crippen LogP contribution < -0.4 is 0 Å². The first-order chi connectivity index (χ1) is 13.4. The fourth-order valence-corrected chi connectivity index (χ4v) is 2.89. The van der Waals surface area contributed by atoms with E-state index < -0.39 is 42.7 Å². The third-order valence-electron chi connectivity index (χ3n) is 4.41. The molecule has 1 fully saturated rings. The molecule has 0 amide bonds. The van der Waals surface area contributed by atoms with Crippen LogP contribution in [0.25, 0.3) is 0 Å². The number of carbonyl (C=O) groups is 2. The van der Waals surface area contributed by atoms with Crippen molar-refractivity contribution < 1.29 is 28.2 Å². The average Bonchev–Trinajstić information content (AvgIpc) is 2.96. The van der Waals surface area contributed by atoms with Crippen LogP contribution in [0.1, 0.15) is 27.6 Å². The van der Waals surface area contributed by atoms with Crippen LogP contribution in [0.3, 0.4) is 0 Å². The number of benzene rings is 2. The van der Waals surface area contributed by atoms with E-state index in [-0.39, 0.29) is 5.56 Å². The lowest BCUT2D eigenvalue weighted by atomic mass is 9.98. The molecule has 2 aromatic carbocycles. The van der Waals surface area contributed by atoms with Crippen LogP contribution >= 0.6 is 0 Å². The van der Waals surface area contributed by atoms with E-state index in [1.54, 1.807) is 48.5 Å². The van der Waals surface area contributed by atoms with E-state index in [2.05, 4.69) is 5.18 Å². The van der Waals surface area contributed by atoms with Crippen molar-refractivity contribution in [3.05, 3.63) is 76.7 Å². The fraction of sp³-hybridized carbons (Fsp3) is 0.300. The molecule has 0 N–H and O–H groups in total. The first kappa shape index (κ1) is 19.6. The lowest BCUT2D eigenvalue weighted by molar-refractivity contribution is -0.0439. The monoisotopic (exact) mass is 387 g/mol. The smallest absolute Gasteiger partial charge is 0.338 e. The normalized spacial score (nSPS) is 26.4. The van der Waals surface area contributed by atoms with Gasteiger partial charge < -0.3 is 14.2 Å². The van der Waals surface area contributed by atoms with Gasteiger partial charge >= 0.3 is 11.9 Å². The molecule has 0 bridgehead atoms. The van der Waals surface area contributed by atoms with Crippen molar-refractivity contribution in [2.24, 2.45) is 5.18 Å². The molecule has 1 aliphatic rings. The van der Waals surface area contributed by atoms with E-state index in [4.69, 9.17) is 14.2 Å². The summed E-state index contributed by atoms with van der Waals surface area (Å²) >= 11 is 0. The number of hydrogen-bond acceptors (Lipinski definition) is 7. The van der Waals surface area contributed by atoms with Crippen LogP contribution in [-0.4, -0.2) is 42.7 Å². The van der Waals surface area contributed by atoms with Crippen LogP contribution in [0.15, 0.2) is 65.8 Å². The first-order valence-electron chi connectivity index (χ1n) is 8.58. The summed E-state index contributed by atoms with van der Waals surface area (Å²) in [6, 6.07) is 16.2. The van der Waals surface area contributed by atoms with Crippen molar-refractivity contribution in [1.29, 1.82) is 0 Å². The Bertz CT molecular complexity index is 842. The van der Waals surface area contributed by atoms with E-state index in [1.165, 1.54) is 12.1 Å².